The van der Waals surface area contributed by atoms with Gasteiger partial charge in [0.1, 0.15) is 6.04 Å². The first-order chi connectivity index (χ1) is 13.0. The predicted octanol–water partition coefficient (Wildman–Crippen LogP) is 3.37. The van der Waals surface area contributed by atoms with Crippen LogP contribution >= 0.6 is 0 Å². The van der Waals surface area contributed by atoms with Crippen molar-refractivity contribution in [3.05, 3.63) is 89.7 Å². The molecule has 3 rings (SSSR count). The van der Waals surface area contributed by atoms with Crippen molar-refractivity contribution in [2.75, 3.05) is 0 Å². The maximum atomic E-state index is 13.1. The summed E-state index contributed by atoms with van der Waals surface area (Å²) in [6, 6.07) is 18.9. The Bertz CT molecular complexity index is 865. The molecule has 0 aliphatic heterocycles. The van der Waals surface area contributed by atoms with Crippen LogP contribution in [0.15, 0.2) is 73.1 Å². The Labute approximate surface area is 157 Å². The van der Waals surface area contributed by atoms with Crippen molar-refractivity contribution in [3.8, 4) is 0 Å². The van der Waals surface area contributed by atoms with E-state index in [0.29, 0.717) is 13.1 Å². The fourth-order valence-corrected chi connectivity index (χ4v) is 2.86. The van der Waals surface area contributed by atoms with Crippen molar-refractivity contribution in [2.24, 2.45) is 0 Å². The summed E-state index contributed by atoms with van der Waals surface area (Å²) in [6.45, 7) is 2.65. The summed E-state index contributed by atoms with van der Waals surface area (Å²) in [5, 5.41) is 13.1. The zero-order valence-electron chi connectivity index (χ0n) is 15.0. The van der Waals surface area contributed by atoms with Gasteiger partial charge in [-0.1, -0.05) is 60.7 Å². The molecule has 27 heavy (non-hydrogen) atoms. The van der Waals surface area contributed by atoms with Crippen LogP contribution in [-0.4, -0.2) is 31.7 Å². The number of carboxylic acid groups (broad SMARTS) is 1. The fourth-order valence-electron chi connectivity index (χ4n) is 2.86. The molecule has 1 heterocycles. The van der Waals surface area contributed by atoms with Gasteiger partial charge in [-0.15, -0.1) is 0 Å². The molecule has 3 aromatic rings. The van der Waals surface area contributed by atoms with Crippen molar-refractivity contribution in [1.29, 1.82) is 0 Å². The highest BCUT2D eigenvalue weighted by molar-refractivity contribution is 5.87. The average Bonchev–Trinajstić information content (AvgIpc) is 3.18. The minimum Gasteiger partial charge on any atom is -0.478 e. The lowest BCUT2D eigenvalue weighted by Gasteiger charge is -2.26. The van der Waals surface area contributed by atoms with Gasteiger partial charge in [-0.25, -0.2) is 4.79 Å². The molecule has 138 valence electrons. The second kappa shape index (κ2) is 8.31. The zero-order chi connectivity index (χ0) is 19.2. The monoisotopic (exact) mass is 363 g/mol. The number of rotatable bonds is 7. The van der Waals surface area contributed by atoms with Gasteiger partial charge in [0.05, 0.1) is 11.8 Å². The molecule has 1 N–H and O–H groups in total. The molecule has 1 aromatic heterocycles. The molecular weight excluding hydrogens is 342 g/mol. The van der Waals surface area contributed by atoms with Gasteiger partial charge in [0.2, 0.25) is 5.91 Å². The van der Waals surface area contributed by atoms with Gasteiger partial charge in [-0.05, 0) is 18.1 Å². The number of hydrogen-bond donors (Lipinski definition) is 1. The number of benzene rings is 2. The second-order valence-electron chi connectivity index (χ2n) is 6.36. The number of carboxylic acids is 1. The topological polar surface area (TPSA) is 75.4 Å². The molecule has 0 bridgehead atoms. The van der Waals surface area contributed by atoms with E-state index in [1.165, 1.54) is 17.1 Å². The number of aromatic carboxylic acids is 1. The molecule has 1 amide bonds. The lowest BCUT2D eigenvalue weighted by Crippen LogP contribution is -2.35. The molecule has 1 atom stereocenters. The summed E-state index contributed by atoms with van der Waals surface area (Å²) in [4.78, 5) is 26.0. The van der Waals surface area contributed by atoms with Crippen LogP contribution in [0.25, 0.3) is 0 Å². The molecule has 0 saturated heterocycles. The maximum Gasteiger partial charge on any atom is 0.338 e. The van der Waals surface area contributed by atoms with Gasteiger partial charge in [0.25, 0.3) is 0 Å². The van der Waals surface area contributed by atoms with Crippen LogP contribution in [0.4, 0.5) is 0 Å². The number of nitrogens with zero attached hydrogens (tertiary/aromatic N) is 3. The third kappa shape index (κ3) is 4.61. The summed E-state index contributed by atoms with van der Waals surface area (Å²) in [5.41, 5.74) is 2.12. The number of carbonyl (C=O) groups excluding carboxylic acids is 1. The SMILES string of the molecule is CC(C(=O)N(Cc1ccccc1)Cc1ccccc1)n1cc(C(=O)O)cn1. The molecule has 6 heteroatoms. The fraction of sp³-hybridized carbons (Fsp3) is 0.190. The lowest BCUT2D eigenvalue weighted by molar-refractivity contribution is -0.135. The van der Waals surface area contributed by atoms with E-state index in [1.807, 2.05) is 60.7 Å². The van der Waals surface area contributed by atoms with Crippen molar-refractivity contribution >= 4 is 11.9 Å². The van der Waals surface area contributed by atoms with Gasteiger partial charge in [-0.2, -0.15) is 5.10 Å². The van der Waals surface area contributed by atoms with E-state index in [0.717, 1.165) is 11.1 Å². The molecule has 2 aromatic carbocycles. The number of hydrogen-bond acceptors (Lipinski definition) is 3. The minimum atomic E-state index is -1.06. The van der Waals surface area contributed by atoms with Crippen LogP contribution in [-0.2, 0) is 17.9 Å². The summed E-state index contributed by atoms with van der Waals surface area (Å²) < 4.78 is 1.40. The Morgan fingerprint density at radius 1 is 1.00 bits per heavy atom. The molecule has 0 aliphatic rings. The standard InChI is InChI=1S/C21H21N3O3/c1-16(24-15-19(12-22-24)21(26)27)20(25)23(13-17-8-4-2-5-9-17)14-18-10-6-3-7-11-18/h2-12,15-16H,13-14H2,1H3,(H,26,27). The Hall–Kier alpha value is -3.41. The van der Waals surface area contributed by atoms with E-state index in [-0.39, 0.29) is 11.5 Å². The van der Waals surface area contributed by atoms with Crippen molar-refractivity contribution in [1.82, 2.24) is 14.7 Å². The predicted molar refractivity (Wildman–Crippen MR) is 101 cm³/mol. The van der Waals surface area contributed by atoms with Crippen molar-refractivity contribution in [2.45, 2.75) is 26.1 Å². The summed E-state index contributed by atoms with van der Waals surface area (Å²) in [6.07, 6.45) is 2.64. The first-order valence-corrected chi connectivity index (χ1v) is 8.68. The van der Waals surface area contributed by atoms with Crippen LogP contribution in [0.1, 0.15) is 34.5 Å². The van der Waals surface area contributed by atoms with Gasteiger partial charge in [-0.3, -0.25) is 9.48 Å². The molecule has 1 unspecified atom stereocenters. The Morgan fingerprint density at radius 3 is 1.96 bits per heavy atom. The van der Waals surface area contributed by atoms with E-state index in [4.69, 9.17) is 5.11 Å². The van der Waals surface area contributed by atoms with Crippen molar-refractivity contribution < 1.29 is 14.7 Å². The molecule has 0 aliphatic carbocycles. The molecule has 0 spiro atoms. The first kappa shape index (κ1) is 18.4. The quantitative estimate of drug-likeness (QED) is 0.698. The Morgan fingerprint density at radius 2 is 1.52 bits per heavy atom. The lowest BCUT2D eigenvalue weighted by atomic mass is 10.1. The summed E-state index contributed by atoms with van der Waals surface area (Å²) in [5.74, 6) is -1.19. The van der Waals surface area contributed by atoms with E-state index >= 15 is 0 Å². The van der Waals surface area contributed by atoms with E-state index in [2.05, 4.69) is 5.10 Å². The number of aromatic nitrogens is 2. The second-order valence-corrected chi connectivity index (χ2v) is 6.36. The normalized spacial score (nSPS) is 11.7. The van der Waals surface area contributed by atoms with E-state index in [9.17, 15) is 9.59 Å². The van der Waals surface area contributed by atoms with Gasteiger partial charge in [0.15, 0.2) is 0 Å². The summed E-state index contributed by atoms with van der Waals surface area (Å²) in [7, 11) is 0. The van der Waals surface area contributed by atoms with Crippen LogP contribution < -0.4 is 0 Å². The van der Waals surface area contributed by atoms with Crippen LogP contribution in [0, 0.1) is 0 Å². The van der Waals surface area contributed by atoms with Gasteiger partial charge in [0, 0.05) is 19.3 Å². The summed E-state index contributed by atoms with van der Waals surface area (Å²) >= 11 is 0. The molecule has 0 radical (unpaired) electrons. The van der Waals surface area contributed by atoms with Gasteiger partial charge >= 0.3 is 5.97 Å². The molecule has 0 saturated carbocycles. The highest BCUT2D eigenvalue weighted by atomic mass is 16.4. The molecule has 6 nitrogen and oxygen atoms in total. The molecular formula is C21H21N3O3. The Balaban J connectivity index is 1.83. The van der Waals surface area contributed by atoms with E-state index in [1.54, 1.807) is 11.8 Å². The minimum absolute atomic E-state index is 0.0623. The van der Waals surface area contributed by atoms with Crippen LogP contribution in [0.3, 0.4) is 0 Å². The number of carbonyl (C=O) groups is 2. The third-order valence-electron chi connectivity index (χ3n) is 4.35. The van der Waals surface area contributed by atoms with E-state index < -0.39 is 12.0 Å². The largest absolute Gasteiger partial charge is 0.478 e. The number of amides is 1. The Kier molecular flexibility index (Phi) is 5.66. The maximum absolute atomic E-state index is 13.1. The highest BCUT2D eigenvalue weighted by Gasteiger charge is 2.24. The molecule has 0 fully saturated rings. The van der Waals surface area contributed by atoms with Crippen molar-refractivity contribution in [3.63, 3.8) is 0 Å². The first-order valence-electron chi connectivity index (χ1n) is 8.68. The van der Waals surface area contributed by atoms with Gasteiger partial charge < -0.3 is 10.0 Å². The van der Waals surface area contributed by atoms with Crippen LogP contribution in [0.2, 0.25) is 0 Å². The zero-order valence-corrected chi connectivity index (χ0v) is 15.0. The average molecular weight is 363 g/mol. The highest BCUT2D eigenvalue weighted by Crippen LogP contribution is 2.17. The third-order valence-corrected chi connectivity index (χ3v) is 4.35. The smallest absolute Gasteiger partial charge is 0.338 e. The van der Waals surface area contributed by atoms with Crippen LogP contribution in [0.5, 0.6) is 0 Å².